The molecule has 17 heavy (non-hydrogen) atoms. The second-order valence-corrected chi connectivity index (χ2v) is 5.21. The Bertz CT molecular complexity index is 237. The summed E-state index contributed by atoms with van der Waals surface area (Å²) in [7, 11) is 3.61. The molecule has 1 aliphatic heterocycles. The van der Waals surface area contributed by atoms with Crippen LogP contribution in [-0.4, -0.2) is 80.5 Å². The van der Waals surface area contributed by atoms with Crippen LogP contribution in [0.15, 0.2) is 0 Å². The van der Waals surface area contributed by atoms with E-state index in [9.17, 15) is 4.79 Å². The summed E-state index contributed by atoms with van der Waals surface area (Å²) in [5.41, 5.74) is 5.63. The maximum absolute atomic E-state index is 11.6. The van der Waals surface area contributed by atoms with Crippen LogP contribution >= 0.6 is 0 Å². The Morgan fingerprint density at radius 2 is 1.76 bits per heavy atom. The predicted octanol–water partition coefficient (Wildman–Crippen LogP) is -0.713. The van der Waals surface area contributed by atoms with Crippen molar-refractivity contribution in [3.63, 3.8) is 0 Å². The SMILES string of the molecule is CC(CN)CN1CCN(CC(=O)N(C)C)CC1. The molecule has 1 unspecified atom stereocenters. The van der Waals surface area contributed by atoms with Gasteiger partial charge < -0.3 is 15.5 Å². The highest BCUT2D eigenvalue weighted by Crippen LogP contribution is 2.05. The van der Waals surface area contributed by atoms with Crippen LogP contribution in [0, 0.1) is 5.92 Å². The second-order valence-electron chi connectivity index (χ2n) is 5.21. The molecule has 0 aliphatic carbocycles. The van der Waals surface area contributed by atoms with E-state index < -0.39 is 0 Å². The second kappa shape index (κ2) is 6.93. The molecule has 0 bridgehead atoms. The summed E-state index contributed by atoms with van der Waals surface area (Å²) < 4.78 is 0. The molecule has 0 aromatic heterocycles. The molecular weight excluding hydrogens is 216 g/mol. The van der Waals surface area contributed by atoms with Gasteiger partial charge in [-0.15, -0.1) is 0 Å². The third-order valence-electron chi connectivity index (χ3n) is 3.29. The van der Waals surface area contributed by atoms with Crippen molar-refractivity contribution in [3.8, 4) is 0 Å². The molecule has 0 aromatic carbocycles. The number of carbonyl (C=O) groups excluding carboxylic acids is 1. The molecule has 1 rings (SSSR count). The third-order valence-corrected chi connectivity index (χ3v) is 3.29. The van der Waals surface area contributed by atoms with Crippen molar-refractivity contribution in [3.05, 3.63) is 0 Å². The van der Waals surface area contributed by atoms with E-state index in [-0.39, 0.29) is 5.91 Å². The van der Waals surface area contributed by atoms with E-state index in [0.717, 1.165) is 39.3 Å². The zero-order valence-electron chi connectivity index (χ0n) is 11.4. The number of likely N-dealkylation sites (N-methyl/N-ethyl adjacent to an activating group) is 1. The van der Waals surface area contributed by atoms with Gasteiger partial charge in [0.05, 0.1) is 6.54 Å². The molecule has 5 heteroatoms. The summed E-state index contributed by atoms with van der Waals surface area (Å²) >= 11 is 0. The van der Waals surface area contributed by atoms with Crippen molar-refractivity contribution in [1.29, 1.82) is 0 Å². The van der Waals surface area contributed by atoms with Gasteiger partial charge in [-0.25, -0.2) is 0 Å². The molecule has 0 spiro atoms. The zero-order chi connectivity index (χ0) is 12.8. The molecule has 1 aliphatic rings. The van der Waals surface area contributed by atoms with E-state index in [1.807, 2.05) is 14.1 Å². The van der Waals surface area contributed by atoms with E-state index in [1.54, 1.807) is 4.90 Å². The number of nitrogens with two attached hydrogens (primary N) is 1. The Kier molecular flexibility index (Phi) is 5.88. The van der Waals surface area contributed by atoms with Crippen LogP contribution < -0.4 is 5.73 Å². The van der Waals surface area contributed by atoms with Gasteiger partial charge >= 0.3 is 0 Å². The maximum atomic E-state index is 11.6. The van der Waals surface area contributed by atoms with E-state index in [1.165, 1.54) is 0 Å². The standard InChI is InChI=1S/C12H26N4O/c1-11(8-13)9-15-4-6-16(7-5-15)10-12(17)14(2)3/h11H,4-10,13H2,1-3H3. The van der Waals surface area contributed by atoms with Crippen LogP contribution in [0.25, 0.3) is 0 Å². The first-order valence-corrected chi connectivity index (χ1v) is 6.38. The molecule has 1 saturated heterocycles. The molecule has 1 heterocycles. The lowest BCUT2D eigenvalue weighted by Crippen LogP contribution is -2.50. The van der Waals surface area contributed by atoms with Crippen LogP contribution in [0.1, 0.15) is 6.92 Å². The summed E-state index contributed by atoms with van der Waals surface area (Å²) in [6, 6.07) is 0. The smallest absolute Gasteiger partial charge is 0.236 e. The van der Waals surface area contributed by atoms with Gasteiger partial charge in [0.25, 0.3) is 0 Å². The lowest BCUT2D eigenvalue weighted by atomic mass is 10.1. The topological polar surface area (TPSA) is 52.8 Å². The number of amides is 1. The summed E-state index contributed by atoms with van der Waals surface area (Å²) in [6.45, 7) is 8.62. The number of nitrogens with zero attached hydrogens (tertiary/aromatic N) is 3. The van der Waals surface area contributed by atoms with Crippen molar-refractivity contribution in [2.24, 2.45) is 11.7 Å². The lowest BCUT2D eigenvalue weighted by molar-refractivity contribution is -0.130. The van der Waals surface area contributed by atoms with Gasteiger partial charge in [-0.1, -0.05) is 6.92 Å². The first-order chi connectivity index (χ1) is 8.02. The van der Waals surface area contributed by atoms with Crippen molar-refractivity contribution in [2.75, 3.05) is 59.9 Å². The van der Waals surface area contributed by atoms with Crippen molar-refractivity contribution in [2.45, 2.75) is 6.92 Å². The monoisotopic (exact) mass is 242 g/mol. The maximum Gasteiger partial charge on any atom is 0.236 e. The number of carbonyl (C=O) groups is 1. The Balaban J connectivity index is 2.24. The van der Waals surface area contributed by atoms with E-state index >= 15 is 0 Å². The van der Waals surface area contributed by atoms with Crippen LogP contribution in [0.3, 0.4) is 0 Å². The Morgan fingerprint density at radius 3 is 2.24 bits per heavy atom. The van der Waals surface area contributed by atoms with Gasteiger partial charge in [-0.2, -0.15) is 0 Å². The quantitative estimate of drug-likeness (QED) is 0.692. The molecule has 1 atom stereocenters. The molecule has 0 radical (unpaired) electrons. The Labute approximate surface area is 105 Å². The van der Waals surface area contributed by atoms with Gasteiger partial charge in [0, 0.05) is 46.8 Å². The first-order valence-electron chi connectivity index (χ1n) is 6.38. The Morgan fingerprint density at radius 1 is 1.24 bits per heavy atom. The van der Waals surface area contributed by atoms with Gasteiger partial charge in [-0.3, -0.25) is 9.69 Å². The normalized spacial score (nSPS) is 20.2. The summed E-state index contributed by atoms with van der Waals surface area (Å²) in [6.07, 6.45) is 0. The van der Waals surface area contributed by atoms with Crippen molar-refractivity contribution in [1.82, 2.24) is 14.7 Å². The average molecular weight is 242 g/mol. The fourth-order valence-corrected chi connectivity index (χ4v) is 1.98. The molecule has 0 saturated carbocycles. The largest absolute Gasteiger partial charge is 0.348 e. The van der Waals surface area contributed by atoms with Crippen LogP contribution in [0.4, 0.5) is 0 Å². The fraction of sp³-hybridized carbons (Fsp3) is 0.917. The number of hydrogen-bond acceptors (Lipinski definition) is 4. The van der Waals surface area contributed by atoms with Crippen molar-refractivity contribution < 1.29 is 4.79 Å². The minimum absolute atomic E-state index is 0.189. The third kappa shape index (κ3) is 5.02. The lowest BCUT2D eigenvalue weighted by Gasteiger charge is -2.35. The van der Waals surface area contributed by atoms with Crippen molar-refractivity contribution >= 4 is 5.91 Å². The fourth-order valence-electron chi connectivity index (χ4n) is 1.98. The first kappa shape index (κ1) is 14.4. The molecule has 100 valence electrons. The van der Waals surface area contributed by atoms with Crippen LogP contribution in [0.5, 0.6) is 0 Å². The highest BCUT2D eigenvalue weighted by molar-refractivity contribution is 5.77. The van der Waals surface area contributed by atoms with E-state index in [0.29, 0.717) is 12.5 Å². The molecule has 5 nitrogen and oxygen atoms in total. The van der Waals surface area contributed by atoms with E-state index in [2.05, 4.69) is 16.7 Å². The Hall–Kier alpha value is -0.650. The average Bonchev–Trinajstić information content (AvgIpc) is 2.31. The molecule has 0 aromatic rings. The minimum Gasteiger partial charge on any atom is -0.348 e. The molecular formula is C12H26N4O. The van der Waals surface area contributed by atoms with Gasteiger partial charge in [0.2, 0.25) is 5.91 Å². The number of hydrogen-bond donors (Lipinski definition) is 1. The number of piperazine rings is 1. The minimum atomic E-state index is 0.189. The van der Waals surface area contributed by atoms with Gasteiger partial charge in [-0.05, 0) is 12.5 Å². The summed E-state index contributed by atoms with van der Waals surface area (Å²) in [5.74, 6) is 0.749. The highest BCUT2D eigenvalue weighted by Gasteiger charge is 2.20. The highest BCUT2D eigenvalue weighted by atomic mass is 16.2. The molecule has 1 amide bonds. The summed E-state index contributed by atoms with van der Waals surface area (Å²) in [4.78, 5) is 17.9. The molecule has 1 fully saturated rings. The number of rotatable bonds is 5. The van der Waals surface area contributed by atoms with Crippen LogP contribution in [-0.2, 0) is 4.79 Å². The molecule has 2 N–H and O–H groups in total. The van der Waals surface area contributed by atoms with Crippen LogP contribution in [0.2, 0.25) is 0 Å². The zero-order valence-corrected chi connectivity index (χ0v) is 11.4. The predicted molar refractivity (Wildman–Crippen MR) is 69.8 cm³/mol. The van der Waals surface area contributed by atoms with E-state index in [4.69, 9.17) is 5.73 Å². The van der Waals surface area contributed by atoms with Gasteiger partial charge in [0.1, 0.15) is 0 Å². The van der Waals surface area contributed by atoms with Gasteiger partial charge in [0.15, 0.2) is 0 Å². The summed E-state index contributed by atoms with van der Waals surface area (Å²) in [5, 5.41) is 0.